The maximum absolute atomic E-state index is 13.1. The van der Waals surface area contributed by atoms with E-state index in [0.29, 0.717) is 12.3 Å². The number of pyridine rings is 1. The number of hydrogen-bond donors (Lipinski definition) is 1. The summed E-state index contributed by atoms with van der Waals surface area (Å²) in [6, 6.07) is 0.643. The van der Waals surface area contributed by atoms with E-state index < -0.39 is 30.2 Å². The number of halogens is 4. The molecule has 0 saturated carbocycles. The summed E-state index contributed by atoms with van der Waals surface area (Å²) in [6.45, 7) is 3.44. The average molecular weight is 266 g/mol. The largest absolute Gasteiger partial charge is 0.466 e. The molecule has 0 amide bonds. The van der Waals surface area contributed by atoms with E-state index in [1.807, 2.05) is 13.8 Å². The van der Waals surface area contributed by atoms with Gasteiger partial charge in [-0.25, -0.2) is 22.5 Å². The Morgan fingerprint density at radius 2 is 2.00 bits per heavy atom. The minimum absolute atomic E-state index is 0.0618. The van der Waals surface area contributed by atoms with Crippen molar-refractivity contribution in [1.29, 1.82) is 0 Å². The number of hydrogen-bond acceptors (Lipinski definition) is 3. The lowest BCUT2D eigenvalue weighted by molar-refractivity contribution is -0.0614. The van der Waals surface area contributed by atoms with Crippen molar-refractivity contribution in [2.45, 2.75) is 25.9 Å². The van der Waals surface area contributed by atoms with E-state index >= 15 is 0 Å². The van der Waals surface area contributed by atoms with Crippen LogP contribution < -0.4 is 10.1 Å². The van der Waals surface area contributed by atoms with E-state index in [9.17, 15) is 17.6 Å². The highest BCUT2D eigenvalue weighted by atomic mass is 19.3. The standard InChI is InChI=1S/C9H8F4N2O.C2H6/c10-5-1-8(15-2-6(5)11)16-7-3-14-4-9(7,12)13;1-2/h1-2,7,14H,3-4H2;1-2H3/t7-;/m0./s1. The van der Waals surface area contributed by atoms with Gasteiger partial charge in [-0.15, -0.1) is 0 Å². The van der Waals surface area contributed by atoms with Gasteiger partial charge in [0.05, 0.1) is 12.7 Å². The molecule has 102 valence electrons. The van der Waals surface area contributed by atoms with Gasteiger partial charge in [0.1, 0.15) is 0 Å². The van der Waals surface area contributed by atoms with Gasteiger partial charge in [-0.3, -0.25) is 0 Å². The third kappa shape index (κ3) is 3.32. The highest BCUT2D eigenvalue weighted by molar-refractivity contribution is 5.14. The van der Waals surface area contributed by atoms with Gasteiger partial charge in [0, 0.05) is 12.6 Å². The smallest absolute Gasteiger partial charge is 0.297 e. The van der Waals surface area contributed by atoms with Crippen LogP contribution in [0.25, 0.3) is 0 Å². The Labute approximate surface area is 102 Å². The van der Waals surface area contributed by atoms with Gasteiger partial charge in [0.25, 0.3) is 5.92 Å². The molecule has 7 heteroatoms. The predicted octanol–water partition coefficient (Wildman–Crippen LogP) is 2.37. The second-order valence-electron chi connectivity index (χ2n) is 3.44. The van der Waals surface area contributed by atoms with Gasteiger partial charge in [-0.1, -0.05) is 13.8 Å². The summed E-state index contributed by atoms with van der Waals surface area (Å²) in [7, 11) is 0. The number of aromatic nitrogens is 1. The van der Waals surface area contributed by atoms with Gasteiger partial charge in [-0.05, 0) is 0 Å². The topological polar surface area (TPSA) is 34.1 Å². The zero-order valence-corrected chi connectivity index (χ0v) is 10.0. The molecule has 0 radical (unpaired) electrons. The van der Waals surface area contributed by atoms with Crippen LogP contribution in [0.5, 0.6) is 5.88 Å². The van der Waals surface area contributed by atoms with Crippen LogP contribution in [0.3, 0.4) is 0 Å². The van der Waals surface area contributed by atoms with Crippen molar-refractivity contribution in [3.8, 4) is 5.88 Å². The summed E-state index contributed by atoms with van der Waals surface area (Å²) in [5, 5.41) is 2.44. The van der Waals surface area contributed by atoms with E-state index in [-0.39, 0.29) is 12.4 Å². The van der Waals surface area contributed by atoms with E-state index in [1.165, 1.54) is 0 Å². The van der Waals surface area contributed by atoms with Crippen LogP contribution in [0.2, 0.25) is 0 Å². The molecule has 1 aromatic heterocycles. The lowest BCUT2D eigenvalue weighted by atomic mass is 10.2. The molecule has 0 spiro atoms. The van der Waals surface area contributed by atoms with Gasteiger partial charge in [0.2, 0.25) is 5.88 Å². The van der Waals surface area contributed by atoms with E-state index in [1.54, 1.807) is 0 Å². The Morgan fingerprint density at radius 1 is 1.33 bits per heavy atom. The molecule has 1 N–H and O–H groups in total. The maximum atomic E-state index is 13.1. The zero-order chi connectivity index (χ0) is 13.8. The molecule has 1 aliphatic rings. The van der Waals surface area contributed by atoms with Crippen LogP contribution in [0, 0.1) is 11.6 Å². The first kappa shape index (κ1) is 14.7. The van der Waals surface area contributed by atoms with Crippen molar-refractivity contribution in [2.24, 2.45) is 0 Å². The molecule has 0 unspecified atom stereocenters. The van der Waals surface area contributed by atoms with Crippen molar-refractivity contribution in [3.63, 3.8) is 0 Å². The number of alkyl halides is 2. The van der Waals surface area contributed by atoms with Crippen LogP contribution in [0.4, 0.5) is 17.6 Å². The molecular weight excluding hydrogens is 252 g/mol. The first-order chi connectivity index (χ1) is 8.49. The minimum Gasteiger partial charge on any atom is -0.466 e. The van der Waals surface area contributed by atoms with Gasteiger partial charge in [-0.2, -0.15) is 0 Å². The summed E-state index contributed by atoms with van der Waals surface area (Å²) >= 11 is 0. The van der Waals surface area contributed by atoms with Gasteiger partial charge < -0.3 is 10.1 Å². The van der Waals surface area contributed by atoms with Crippen molar-refractivity contribution >= 4 is 0 Å². The number of ether oxygens (including phenoxy) is 1. The average Bonchev–Trinajstić information content (AvgIpc) is 2.66. The minimum atomic E-state index is -3.04. The molecule has 1 aromatic rings. The van der Waals surface area contributed by atoms with Gasteiger partial charge >= 0.3 is 0 Å². The maximum Gasteiger partial charge on any atom is 0.297 e. The van der Waals surface area contributed by atoms with Crippen LogP contribution >= 0.6 is 0 Å². The van der Waals surface area contributed by atoms with Crippen LogP contribution in [0.1, 0.15) is 13.8 Å². The number of nitrogens with one attached hydrogen (secondary N) is 1. The van der Waals surface area contributed by atoms with Crippen molar-refractivity contribution in [2.75, 3.05) is 13.1 Å². The SMILES string of the molecule is CC.Fc1cnc(O[C@H]2CNCC2(F)F)cc1F. The third-order valence-corrected chi connectivity index (χ3v) is 2.21. The fraction of sp³-hybridized carbons (Fsp3) is 0.545. The predicted molar refractivity (Wildman–Crippen MR) is 57.7 cm³/mol. The molecule has 2 heterocycles. The zero-order valence-electron chi connectivity index (χ0n) is 10.0. The first-order valence-corrected chi connectivity index (χ1v) is 5.55. The fourth-order valence-electron chi connectivity index (χ4n) is 1.37. The molecule has 0 bridgehead atoms. The lowest BCUT2D eigenvalue weighted by Gasteiger charge is -2.18. The van der Waals surface area contributed by atoms with Crippen LogP contribution in [-0.4, -0.2) is 30.1 Å². The summed E-state index contributed by atoms with van der Waals surface area (Å²) < 4.78 is 56.2. The molecular formula is C11H14F4N2O. The molecule has 18 heavy (non-hydrogen) atoms. The highest BCUT2D eigenvalue weighted by Gasteiger charge is 2.46. The Morgan fingerprint density at radius 3 is 2.50 bits per heavy atom. The first-order valence-electron chi connectivity index (χ1n) is 5.55. The van der Waals surface area contributed by atoms with E-state index in [2.05, 4.69) is 10.3 Å². The Bertz CT molecular complexity index is 401. The van der Waals surface area contributed by atoms with Crippen molar-refractivity contribution in [1.82, 2.24) is 10.3 Å². The fourth-order valence-corrected chi connectivity index (χ4v) is 1.37. The quantitative estimate of drug-likeness (QED) is 0.834. The number of rotatable bonds is 2. The lowest BCUT2D eigenvalue weighted by Crippen LogP contribution is -2.36. The van der Waals surface area contributed by atoms with E-state index in [0.717, 1.165) is 0 Å². The molecule has 3 nitrogen and oxygen atoms in total. The number of nitrogens with zero attached hydrogens (tertiary/aromatic N) is 1. The molecule has 0 aromatic carbocycles. The molecule has 0 aliphatic carbocycles. The molecule has 1 atom stereocenters. The summed E-state index contributed by atoms with van der Waals surface area (Å²) in [6.07, 6.45) is -0.824. The second-order valence-corrected chi connectivity index (χ2v) is 3.44. The molecule has 2 rings (SSSR count). The second kappa shape index (κ2) is 5.99. The molecule has 1 fully saturated rings. The summed E-state index contributed by atoms with van der Waals surface area (Å²) in [5.41, 5.74) is 0. The summed E-state index contributed by atoms with van der Waals surface area (Å²) in [5.74, 6) is -5.72. The van der Waals surface area contributed by atoms with Crippen molar-refractivity contribution in [3.05, 3.63) is 23.9 Å². The Kier molecular flexibility index (Phi) is 4.89. The normalized spacial score (nSPS) is 21.1. The van der Waals surface area contributed by atoms with Gasteiger partial charge in [0.15, 0.2) is 17.7 Å². The Balaban J connectivity index is 0.000000771. The molecule has 1 saturated heterocycles. The van der Waals surface area contributed by atoms with Crippen LogP contribution in [-0.2, 0) is 0 Å². The highest BCUT2D eigenvalue weighted by Crippen LogP contribution is 2.26. The summed E-state index contributed by atoms with van der Waals surface area (Å²) in [4.78, 5) is 3.37. The van der Waals surface area contributed by atoms with Crippen molar-refractivity contribution < 1.29 is 22.3 Å². The van der Waals surface area contributed by atoms with E-state index in [4.69, 9.17) is 4.74 Å². The Hall–Kier alpha value is -1.37. The third-order valence-electron chi connectivity index (χ3n) is 2.21. The van der Waals surface area contributed by atoms with Crippen LogP contribution in [0.15, 0.2) is 12.3 Å². The monoisotopic (exact) mass is 266 g/mol. The molecule has 1 aliphatic heterocycles.